The van der Waals surface area contributed by atoms with Gasteiger partial charge in [0.1, 0.15) is 17.8 Å². The van der Waals surface area contributed by atoms with Crippen molar-refractivity contribution in [3.63, 3.8) is 0 Å². The van der Waals surface area contributed by atoms with Crippen LogP contribution >= 0.6 is 0 Å². The van der Waals surface area contributed by atoms with E-state index in [-0.39, 0.29) is 0 Å². The van der Waals surface area contributed by atoms with Crippen molar-refractivity contribution in [3.05, 3.63) is 53.9 Å². The van der Waals surface area contributed by atoms with Gasteiger partial charge in [0, 0.05) is 0 Å². The first-order chi connectivity index (χ1) is 15.2. The third kappa shape index (κ3) is 5.40. The van der Waals surface area contributed by atoms with Crippen molar-refractivity contribution in [2.24, 2.45) is 0 Å². The van der Waals surface area contributed by atoms with E-state index in [1.807, 2.05) is 24.3 Å². The highest BCUT2D eigenvalue weighted by Crippen LogP contribution is 2.36. The summed E-state index contributed by atoms with van der Waals surface area (Å²) in [7, 11) is 1.66. The molecule has 3 rings (SSSR count). The quantitative estimate of drug-likeness (QED) is 0.341. The maximum Gasteiger partial charge on any atom is 0.167 e. The van der Waals surface area contributed by atoms with Crippen molar-refractivity contribution in [1.29, 1.82) is 0 Å². The summed E-state index contributed by atoms with van der Waals surface area (Å²) in [6, 6.07) is 12.0. The summed E-state index contributed by atoms with van der Waals surface area (Å²) < 4.78 is 11.9. The monoisotopic (exact) mass is 419 g/mol. The normalized spacial score (nSPS) is 10.8. The highest BCUT2D eigenvalue weighted by Gasteiger charge is 2.18. The second kappa shape index (κ2) is 11.4. The highest BCUT2D eigenvalue weighted by atomic mass is 16.5. The Labute approximate surface area is 185 Å². The first-order valence-electron chi connectivity index (χ1n) is 11.3. The van der Waals surface area contributed by atoms with Crippen LogP contribution in [0, 0.1) is 0 Å². The molecule has 0 saturated carbocycles. The zero-order valence-electron chi connectivity index (χ0n) is 19.1. The molecule has 0 fully saturated rings. The van der Waals surface area contributed by atoms with Gasteiger partial charge in [0.05, 0.1) is 24.8 Å². The number of benzene rings is 2. The predicted octanol–water partition coefficient (Wildman–Crippen LogP) is 6.30. The third-order valence-electron chi connectivity index (χ3n) is 5.50. The van der Waals surface area contributed by atoms with Crippen LogP contribution in [0.3, 0.4) is 0 Å². The van der Waals surface area contributed by atoms with E-state index in [0.717, 1.165) is 41.9 Å². The smallest absolute Gasteiger partial charge is 0.167 e. The lowest BCUT2D eigenvalue weighted by Gasteiger charge is -2.18. The Balaban J connectivity index is 2.01. The Morgan fingerprint density at radius 3 is 2.29 bits per heavy atom. The number of aromatic nitrogens is 3. The zero-order valence-corrected chi connectivity index (χ0v) is 19.1. The van der Waals surface area contributed by atoms with Crippen molar-refractivity contribution < 1.29 is 9.47 Å². The second-order valence-electron chi connectivity index (χ2n) is 7.53. The molecule has 0 spiro atoms. The van der Waals surface area contributed by atoms with Crippen LogP contribution in [0.2, 0.25) is 0 Å². The molecule has 1 aromatic heterocycles. The summed E-state index contributed by atoms with van der Waals surface area (Å²) in [6.45, 7) is 7.29. The average molecular weight is 420 g/mol. The first-order valence-corrected chi connectivity index (χ1v) is 11.3. The first kappa shape index (κ1) is 22.7. The molecule has 2 aromatic carbocycles. The molecule has 3 aromatic rings. The minimum absolute atomic E-state index is 0.592. The number of unbranched alkanes of at least 4 members (excludes halogenated alkanes) is 3. The van der Waals surface area contributed by atoms with Crippen molar-refractivity contribution in [3.8, 4) is 34.3 Å². The Morgan fingerprint density at radius 2 is 1.58 bits per heavy atom. The van der Waals surface area contributed by atoms with Gasteiger partial charge in [-0.05, 0) is 48.6 Å². The number of ether oxygens (including phenoxy) is 2. The van der Waals surface area contributed by atoms with Gasteiger partial charge in [-0.15, -0.1) is 0 Å². The van der Waals surface area contributed by atoms with E-state index in [1.54, 1.807) is 13.4 Å². The van der Waals surface area contributed by atoms with E-state index in [1.165, 1.54) is 30.4 Å². The van der Waals surface area contributed by atoms with E-state index in [2.05, 4.69) is 42.9 Å². The van der Waals surface area contributed by atoms with Crippen molar-refractivity contribution in [2.45, 2.75) is 59.3 Å². The number of para-hydroxylation sites is 1. The van der Waals surface area contributed by atoms with E-state index >= 15 is 0 Å². The van der Waals surface area contributed by atoms with Gasteiger partial charge in [0.15, 0.2) is 11.6 Å². The van der Waals surface area contributed by atoms with Crippen LogP contribution in [0.5, 0.6) is 11.5 Å². The molecule has 0 amide bonds. The zero-order chi connectivity index (χ0) is 22.1. The van der Waals surface area contributed by atoms with Crippen LogP contribution in [-0.4, -0.2) is 28.7 Å². The summed E-state index contributed by atoms with van der Waals surface area (Å²) in [5.41, 5.74) is 4.32. The van der Waals surface area contributed by atoms with Crippen LogP contribution in [-0.2, 0) is 12.8 Å². The van der Waals surface area contributed by atoms with Gasteiger partial charge in [-0.1, -0.05) is 58.2 Å². The molecule has 5 nitrogen and oxygen atoms in total. The van der Waals surface area contributed by atoms with Gasteiger partial charge in [0.2, 0.25) is 0 Å². The maximum absolute atomic E-state index is 6.37. The molecule has 0 aliphatic heterocycles. The fourth-order valence-electron chi connectivity index (χ4n) is 3.82. The van der Waals surface area contributed by atoms with Crippen molar-refractivity contribution in [2.75, 3.05) is 13.7 Å². The summed E-state index contributed by atoms with van der Waals surface area (Å²) in [4.78, 5) is 13.7. The number of methoxy groups -OCH3 is 1. The lowest BCUT2D eigenvalue weighted by Crippen LogP contribution is -2.06. The van der Waals surface area contributed by atoms with Crippen LogP contribution in [0.1, 0.15) is 57.6 Å². The Hall–Kier alpha value is -2.95. The molecule has 31 heavy (non-hydrogen) atoms. The summed E-state index contributed by atoms with van der Waals surface area (Å²) in [5.74, 6) is 2.86. The third-order valence-corrected chi connectivity index (χ3v) is 5.50. The molecular formula is C26H33N3O2. The fourth-order valence-corrected chi connectivity index (χ4v) is 3.82. The predicted molar refractivity (Wildman–Crippen MR) is 126 cm³/mol. The standard InChI is InChI=1S/C26H33N3O2/c1-5-8-9-12-17-31-24-20(7-3)19(6-2)15-16-22(24)26-28-18-27-25(29-26)21-13-10-11-14-23(21)30-4/h10-11,13-16,18H,5-9,12,17H2,1-4H3. The second-order valence-corrected chi connectivity index (χ2v) is 7.53. The van der Waals surface area contributed by atoms with Gasteiger partial charge in [-0.3, -0.25) is 0 Å². The van der Waals surface area contributed by atoms with Gasteiger partial charge in [-0.2, -0.15) is 0 Å². The van der Waals surface area contributed by atoms with Gasteiger partial charge in [-0.25, -0.2) is 15.0 Å². The Bertz CT molecular complexity index is 988. The number of hydrogen-bond donors (Lipinski definition) is 0. The van der Waals surface area contributed by atoms with Crippen LogP contribution in [0.25, 0.3) is 22.8 Å². The molecule has 1 heterocycles. The SMILES string of the molecule is CCCCCCOc1c(-c2ncnc(-c3ccccc3OC)n2)ccc(CC)c1CC. The van der Waals surface area contributed by atoms with E-state index in [9.17, 15) is 0 Å². The maximum atomic E-state index is 6.37. The van der Waals surface area contributed by atoms with Gasteiger partial charge >= 0.3 is 0 Å². The lowest BCUT2D eigenvalue weighted by atomic mass is 9.97. The number of hydrogen-bond acceptors (Lipinski definition) is 5. The molecule has 0 bridgehead atoms. The number of nitrogens with zero attached hydrogens (tertiary/aromatic N) is 3. The van der Waals surface area contributed by atoms with E-state index in [4.69, 9.17) is 14.5 Å². The molecule has 0 unspecified atom stereocenters. The molecule has 0 radical (unpaired) electrons. The molecule has 0 atom stereocenters. The summed E-state index contributed by atoms with van der Waals surface area (Å²) in [6.07, 6.45) is 8.13. The van der Waals surface area contributed by atoms with E-state index < -0.39 is 0 Å². The minimum Gasteiger partial charge on any atom is -0.496 e. The fraction of sp³-hybridized carbons (Fsp3) is 0.423. The molecular weight excluding hydrogens is 386 g/mol. The van der Waals surface area contributed by atoms with E-state index in [0.29, 0.717) is 18.3 Å². The average Bonchev–Trinajstić information content (AvgIpc) is 2.83. The Morgan fingerprint density at radius 1 is 0.806 bits per heavy atom. The molecule has 0 aliphatic rings. The lowest BCUT2D eigenvalue weighted by molar-refractivity contribution is 0.303. The summed E-state index contributed by atoms with van der Waals surface area (Å²) >= 11 is 0. The number of aryl methyl sites for hydroxylation is 1. The topological polar surface area (TPSA) is 57.1 Å². The molecule has 0 aliphatic carbocycles. The van der Waals surface area contributed by atoms with Gasteiger partial charge < -0.3 is 9.47 Å². The number of rotatable bonds is 11. The van der Waals surface area contributed by atoms with Crippen molar-refractivity contribution >= 4 is 0 Å². The Kier molecular flexibility index (Phi) is 8.39. The van der Waals surface area contributed by atoms with Crippen LogP contribution < -0.4 is 9.47 Å². The minimum atomic E-state index is 0.592. The van der Waals surface area contributed by atoms with Gasteiger partial charge in [0.25, 0.3) is 0 Å². The highest BCUT2D eigenvalue weighted by molar-refractivity contribution is 5.71. The summed E-state index contributed by atoms with van der Waals surface area (Å²) in [5, 5.41) is 0. The molecule has 164 valence electrons. The van der Waals surface area contributed by atoms with Crippen LogP contribution in [0.15, 0.2) is 42.7 Å². The molecule has 0 saturated heterocycles. The van der Waals surface area contributed by atoms with Crippen LogP contribution in [0.4, 0.5) is 0 Å². The molecule has 5 heteroatoms. The van der Waals surface area contributed by atoms with Crippen molar-refractivity contribution in [1.82, 2.24) is 15.0 Å². The molecule has 0 N–H and O–H groups in total. The largest absolute Gasteiger partial charge is 0.496 e.